The molecule has 1 aliphatic carbocycles. The molecule has 0 saturated heterocycles. The molecular weight excluding hydrogens is 432 g/mol. The number of nitrogens with one attached hydrogen (secondary N) is 2. The summed E-state index contributed by atoms with van der Waals surface area (Å²) in [6.07, 6.45) is 1.54. The van der Waals surface area contributed by atoms with Gasteiger partial charge in [0.25, 0.3) is 11.8 Å². The molecule has 0 unspecified atom stereocenters. The van der Waals surface area contributed by atoms with Crippen LogP contribution in [-0.4, -0.2) is 32.9 Å². The maximum absolute atomic E-state index is 13.4. The molecule has 1 heterocycles. The zero-order chi connectivity index (χ0) is 23.7. The van der Waals surface area contributed by atoms with Gasteiger partial charge in [0.1, 0.15) is 11.6 Å². The second kappa shape index (κ2) is 8.91. The Balaban J connectivity index is 1.52. The van der Waals surface area contributed by atoms with Gasteiger partial charge in [-0.05, 0) is 55.2 Å². The Morgan fingerprint density at radius 1 is 1.15 bits per heavy atom. The molecule has 1 atom stereocenters. The standard InChI is InChI=1S/C23H21F2N5O3/c1-11-6-16(29-23(33)20(31)12-7-13(24)9-14(25)8-12)4-5-17(11)18-10-27-21(26)19(30-18)22(32)28-15-2-3-15/h4-10,15,20,31H,2-3H2,1H3,(H2,26,27)(H,28,32)(H,29,33)/t20-/m1/s1. The van der Waals surface area contributed by atoms with Crippen LogP contribution in [-0.2, 0) is 4.79 Å². The number of halogens is 2. The highest BCUT2D eigenvalue weighted by molar-refractivity contribution is 5.97. The summed E-state index contributed by atoms with van der Waals surface area (Å²) in [5.74, 6) is -2.99. The van der Waals surface area contributed by atoms with Gasteiger partial charge in [-0.1, -0.05) is 6.07 Å². The first kappa shape index (κ1) is 22.3. The molecule has 170 valence electrons. The summed E-state index contributed by atoms with van der Waals surface area (Å²) in [4.78, 5) is 33.2. The molecule has 4 rings (SSSR count). The van der Waals surface area contributed by atoms with Crippen LogP contribution in [0.25, 0.3) is 11.3 Å². The Labute approximate surface area is 187 Å². The second-order valence-corrected chi connectivity index (χ2v) is 7.86. The maximum atomic E-state index is 13.4. The lowest BCUT2D eigenvalue weighted by molar-refractivity contribution is -0.124. The molecule has 2 aromatic carbocycles. The monoisotopic (exact) mass is 453 g/mol. The molecule has 1 saturated carbocycles. The van der Waals surface area contributed by atoms with Crippen molar-refractivity contribution in [2.45, 2.75) is 31.9 Å². The fourth-order valence-electron chi connectivity index (χ4n) is 3.30. The lowest BCUT2D eigenvalue weighted by atomic mass is 10.0. The Hall–Kier alpha value is -3.92. The van der Waals surface area contributed by atoms with Crippen LogP contribution in [0.15, 0.2) is 42.6 Å². The zero-order valence-electron chi connectivity index (χ0n) is 17.6. The first-order chi connectivity index (χ1) is 15.7. The number of aliphatic hydroxyl groups is 1. The van der Waals surface area contributed by atoms with Gasteiger partial charge in [-0.2, -0.15) is 0 Å². The van der Waals surface area contributed by atoms with Crippen molar-refractivity contribution in [2.75, 3.05) is 11.1 Å². The van der Waals surface area contributed by atoms with Crippen molar-refractivity contribution >= 4 is 23.3 Å². The molecule has 0 radical (unpaired) electrons. The minimum absolute atomic E-state index is 0.0289. The summed E-state index contributed by atoms with van der Waals surface area (Å²) < 4.78 is 26.8. The molecule has 5 N–H and O–H groups in total. The third-order valence-corrected chi connectivity index (χ3v) is 5.15. The van der Waals surface area contributed by atoms with Gasteiger partial charge in [0.05, 0.1) is 11.9 Å². The first-order valence-electron chi connectivity index (χ1n) is 10.2. The third-order valence-electron chi connectivity index (χ3n) is 5.15. The number of amides is 2. The predicted molar refractivity (Wildman–Crippen MR) is 117 cm³/mol. The van der Waals surface area contributed by atoms with Gasteiger partial charge in [-0.3, -0.25) is 9.59 Å². The van der Waals surface area contributed by atoms with Crippen molar-refractivity contribution in [2.24, 2.45) is 0 Å². The summed E-state index contributed by atoms with van der Waals surface area (Å²) in [5, 5.41) is 15.5. The molecular formula is C23H21F2N5O3. The number of aromatic nitrogens is 2. The van der Waals surface area contributed by atoms with Gasteiger partial charge in [-0.15, -0.1) is 0 Å². The number of hydrogen-bond donors (Lipinski definition) is 4. The van der Waals surface area contributed by atoms with Crippen molar-refractivity contribution in [3.05, 3.63) is 71.1 Å². The van der Waals surface area contributed by atoms with Crippen LogP contribution in [0.3, 0.4) is 0 Å². The van der Waals surface area contributed by atoms with E-state index in [4.69, 9.17) is 5.73 Å². The number of benzene rings is 2. The van der Waals surface area contributed by atoms with E-state index < -0.39 is 23.6 Å². The fourth-order valence-corrected chi connectivity index (χ4v) is 3.30. The Morgan fingerprint density at radius 2 is 1.85 bits per heavy atom. The minimum Gasteiger partial charge on any atom is -0.382 e. The van der Waals surface area contributed by atoms with Crippen molar-refractivity contribution in [3.8, 4) is 11.3 Å². The molecule has 0 bridgehead atoms. The van der Waals surface area contributed by atoms with Gasteiger partial charge in [-0.25, -0.2) is 18.7 Å². The highest BCUT2D eigenvalue weighted by Gasteiger charge is 2.26. The highest BCUT2D eigenvalue weighted by Crippen LogP contribution is 2.27. The van der Waals surface area contributed by atoms with Gasteiger partial charge in [0.15, 0.2) is 17.6 Å². The van der Waals surface area contributed by atoms with Gasteiger partial charge in [0, 0.05) is 23.4 Å². The van der Waals surface area contributed by atoms with Crippen LogP contribution in [0.1, 0.15) is 40.6 Å². The summed E-state index contributed by atoms with van der Waals surface area (Å²) in [6, 6.07) is 7.44. The summed E-state index contributed by atoms with van der Waals surface area (Å²) in [7, 11) is 0. The Morgan fingerprint density at radius 3 is 2.48 bits per heavy atom. The van der Waals surface area contributed by atoms with E-state index in [1.165, 1.54) is 6.20 Å². The number of anilines is 2. The molecule has 1 fully saturated rings. The van der Waals surface area contributed by atoms with E-state index in [-0.39, 0.29) is 29.0 Å². The van der Waals surface area contributed by atoms with E-state index in [1.807, 2.05) is 0 Å². The smallest absolute Gasteiger partial charge is 0.273 e. The normalized spacial score (nSPS) is 13.9. The molecule has 8 nitrogen and oxygen atoms in total. The van der Waals surface area contributed by atoms with Gasteiger partial charge < -0.3 is 21.5 Å². The molecule has 33 heavy (non-hydrogen) atoms. The number of nitrogen functional groups attached to an aromatic ring is 1. The van der Waals surface area contributed by atoms with Crippen LogP contribution in [0.2, 0.25) is 0 Å². The first-order valence-corrected chi connectivity index (χ1v) is 10.2. The number of nitrogens with two attached hydrogens (primary N) is 1. The summed E-state index contributed by atoms with van der Waals surface area (Å²) in [5.41, 5.74) is 7.81. The van der Waals surface area contributed by atoms with Gasteiger partial charge >= 0.3 is 0 Å². The van der Waals surface area contributed by atoms with Crippen molar-refractivity contribution in [3.63, 3.8) is 0 Å². The van der Waals surface area contributed by atoms with Crippen LogP contribution in [0.5, 0.6) is 0 Å². The van der Waals surface area contributed by atoms with Crippen molar-refractivity contribution in [1.82, 2.24) is 15.3 Å². The molecule has 1 aliphatic rings. The molecule has 0 aliphatic heterocycles. The average Bonchev–Trinajstić information content (AvgIpc) is 3.57. The quantitative estimate of drug-likeness (QED) is 0.454. The van der Waals surface area contributed by atoms with E-state index in [9.17, 15) is 23.5 Å². The molecule has 10 heteroatoms. The predicted octanol–water partition coefficient (Wildman–Crippen LogP) is 2.88. The molecule has 2 amide bonds. The largest absolute Gasteiger partial charge is 0.382 e. The second-order valence-electron chi connectivity index (χ2n) is 7.86. The van der Waals surface area contributed by atoms with Crippen LogP contribution >= 0.6 is 0 Å². The zero-order valence-corrected chi connectivity index (χ0v) is 17.6. The average molecular weight is 453 g/mol. The highest BCUT2D eigenvalue weighted by atomic mass is 19.1. The Bertz CT molecular complexity index is 1230. The van der Waals surface area contributed by atoms with Gasteiger partial charge in [0.2, 0.25) is 0 Å². The minimum atomic E-state index is -1.76. The van der Waals surface area contributed by atoms with E-state index in [2.05, 4.69) is 20.6 Å². The van der Waals surface area contributed by atoms with Crippen molar-refractivity contribution < 1.29 is 23.5 Å². The molecule has 1 aromatic heterocycles. The van der Waals surface area contributed by atoms with E-state index >= 15 is 0 Å². The number of carbonyl (C=O) groups excluding carboxylic acids is 2. The molecule has 0 spiro atoms. The summed E-state index contributed by atoms with van der Waals surface area (Å²) >= 11 is 0. The number of rotatable bonds is 6. The Kier molecular flexibility index (Phi) is 6.01. The maximum Gasteiger partial charge on any atom is 0.273 e. The van der Waals surface area contributed by atoms with Crippen LogP contribution in [0, 0.1) is 18.6 Å². The molecule has 3 aromatic rings. The summed E-state index contributed by atoms with van der Waals surface area (Å²) in [6.45, 7) is 1.77. The van der Waals surface area contributed by atoms with E-state index in [0.717, 1.165) is 25.0 Å². The topological polar surface area (TPSA) is 130 Å². The SMILES string of the molecule is Cc1cc(NC(=O)[C@H](O)c2cc(F)cc(F)c2)ccc1-c1cnc(N)c(C(=O)NC2CC2)n1. The lowest BCUT2D eigenvalue weighted by Gasteiger charge is -2.14. The van der Waals surface area contributed by atoms with Crippen molar-refractivity contribution in [1.29, 1.82) is 0 Å². The van der Waals surface area contributed by atoms with Crippen LogP contribution in [0.4, 0.5) is 20.3 Å². The number of carbonyl (C=O) groups is 2. The van der Waals surface area contributed by atoms with E-state index in [1.54, 1.807) is 25.1 Å². The van der Waals surface area contributed by atoms with E-state index in [0.29, 0.717) is 28.6 Å². The lowest BCUT2D eigenvalue weighted by Crippen LogP contribution is -2.27. The van der Waals surface area contributed by atoms with Crippen LogP contribution < -0.4 is 16.4 Å². The number of aliphatic hydroxyl groups excluding tert-OH is 1. The number of hydrogen-bond acceptors (Lipinski definition) is 6. The number of aryl methyl sites for hydroxylation is 1. The number of nitrogens with zero attached hydrogens (tertiary/aromatic N) is 2. The third kappa shape index (κ3) is 5.12. The fraction of sp³-hybridized carbons (Fsp3) is 0.217.